The highest BCUT2D eigenvalue weighted by atomic mass is 35.5. The molecule has 3 aromatic rings. The van der Waals surface area contributed by atoms with E-state index in [1.165, 1.54) is 14.0 Å². The predicted molar refractivity (Wildman–Crippen MR) is 142 cm³/mol. The van der Waals surface area contributed by atoms with E-state index in [0.29, 0.717) is 27.7 Å². The summed E-state index contributed by atoms with van der Waals surface area (Å²) >= 11 is 5.96. The van der Waals surface area contributed by atoms with Gasteiger partial charge in [0.1, 0.15) is 18.0 Å². The Hall–Kier alpha value is -4.45. The number of carbonyl (C=O) groups is 2. The molecule has 1 aromatic heterocycles. The van der Waals surface area contributed by atoms with Crippen molar-refractivity contribution in [2.45, 2.75) is 39.8 Å². The van der Waals surface area contributed by atoms with E-state index >= 15 is 0 Å². The summed E-state index contributed by atoms with van der Waals surface area (Å²) in [6.45, 7) is 6.71. The lowest BCUT2D eigenvalue weighted by molar-refractivity contribution is -0.385. The summed E-state index contributed by atoms with van der Waals surface area (Å²) in [7, 11) is 1.26. The SMILES string of the molecule is COc1nn([C@@H](C)C(=O)N/N=C(/C)c2ccc(NC(=O)[C@@H](C)Oc3ccc(Cl)cc3C)cc2)cc1[N+](=O)[O-]. The number of rotatable bonds is 10. The zero-order chi connectivity index (χ0) is 28.0. The minimum absolute atomic E-state index is 0.192. The molecular weight excluding hydrogens is 516 g/mol. The second-order valence-electron chi connectivity index (χ2n) is 8.35. The minimum Gasteiger partial charge on any atom is -0.481 e. The Bertz CT molecular complexity index is 1370. The number of anilines is 1. The number of nitrogens with one attached hydrogen (secondary N) is 2. The van der Waals surface area contributed by atoms with Crippen LogP contribution < -0.4 is 20.2 Å². The first-order valence-corrected chi connectivity index (χ1v) is 11.8. The van der Waals surface area contributed by atoms with Crippen LogP contribution in [-0.2, 0) is 9.59 Å². The number of halogens is 1. The molecule has 0 radical (unpaired) electrons. The minimum atomic E-state index is -0.882. The molecular formula is C25H27ClN6O6. The normalized spacial score (nSPS) is 12.8. The highest BCUT2D eigenvalue weighted by Crippen LogP contribution is 2.26. The number of nitro groups is 1. The van der Waals surface area contributed by atoms with Gasteiger partial charge in [0.05, 0.1) is 17.7 Å². The average molecular weight is 543 g/mol. The van der Waals surface area contributed by atoms with Crippen molar-refractivity contribution in [2.75, 3.05) is 12.4 Å². The van der Waals surface area contributed by atoms with Gasteiger partial charge in [0.15, 0.2) is 6.10 Å². The number of aromatic nitrogens is 2. The summed E-state index contributed by atoms with van der Waals surface area (Å²) in [6.07, 6.45) is 0.376. The van der Waals surface area contributed by atoms with Gasteiger partial charge >= 0.3 is 11.6 Å². The molecule has 2 aromatic carbocycles. The first-order chi connectivity index (χ1) is 18.0. The number of amides is 2. The van der Waals surface area contributed by atoms with Gasteiger partial charge < -0.3 is 14.8 Å². The monoisotopic (exact) mass is 542 g/mol. The maximum Gasteiger partial charge on any atom is 0.350 e. The molecule has 0 saturated heterocycles. The first kappa shape index (κ1) is 28.1. The van der Waals surface area contributed by atoms with Gasteiger partial charge in [-0.25, -0.2) is 10.1 Å². The molecule has 0 spiro atoms. The van der Waals surface area contributed by atoms with E-state index in [9.17, 15) is 19.7 Å². The number of benzene rings is 2. The zero-order valence-corrected chi connectivity index (χ0v) is 22.1. The Labute approximate surface area is 223 Å². The fraction of sp³-hybridized carbons (Fsp3) is 0.280. The molecule has 0 aliphatic carbocycles. The van der Waals surface area contributed by atoms with Crippen molar-refractivity contribution in [3.63, 3.8) is 0 Å². The molecule has 0 saturated carbocycles. The van der Waals surface area contributed by atoms with E-state index in [-0.39, 0.29) is 17.5 Å². The Morgan fingerprint density at radius 3 is 2.42 bits per heavy atom. The third-order valence-corrected chi connectivity index (χ3v) is 5.80. The molecule has 3 rings (SSSR count). The lowest BCUT2D eigenvalue weighted by atomic mass is 10.1. The molecule has 13 heteroatoms. The summed E-state index contributed by atoms with van der Waals surface area (Å²) in [5.74, 6) is -0.476. The number of carbonyl (C=O) groups excluding carboxylic acids is 2. The topological polar surface area (TPSA) is 150 Å². The van der Waals surface area contributed by atoms with Crippen LogP contribution in [0.25, 0.3) is 0 Å². The average Bonchev–Trinajstić information content (AvgIpc) is 3.33. The summed E-state index contributed by atoms with van der Waals surface area (Å²) in [5.41, 5.74) is 4.67. The van der Waals surface area contributed by atoms with E-state index in [1.807, 2.05) is 6.92 Å². The van der Waals surface area contributed by atoms with Crippen LogP contribution in [0.15, 0.2) is 53.8 Å². The third kappa shape index (κ3) is 6.85. The lowest BCUT2D eigenvalue weighted by Crippen LogP contribution is -2.30. The molecule has 0 aliphatic heterocycles. The second-order valence-corrected chi connectivity index (χ2v) is 8.78. The molecule has 0 bridgehead atoms. The number of methoxy groups -OCH3 is 1. The number of hydrazone groups is 1. The zero-order valence-electron chi connectivity index (χ0n) is 21.4. The predicted octanol–water partition coefficient (Wildman–Crippen LogP) is 4.27. The summed E-state index contributed by atoms with van der Waals surface area (Å²) in [4.78, 5) is 35.5. The fourth-order valence-electron chi connectivity index (χ4n) is 3.28. The van der Waals surface area contributed by atoms with Crippen LogP contribution in [0.2, 0.25) is 5.02 Å². The van der Waals surface area contributed by atoms with Gasteiger partial charge in [-0.2, -0.15) is 5.10 Å². The van der Waals surface area contributed by atoms with E-state index in [4.69, 9.17) is 21.1 Å². The molecule has 0 fully saturated rings. The number of nitrogens with zero attached hydrogens (tertiary/aromatic N) is 4. The van der Waals surface area contributed by atoms with Crippen molar-refractivity contribution < 1.29 is 24.0 Å². The second kappa shape index (κ2) is 12.2. The summed E-state index contributed by atoms with van der Waals surface area (Å²) in [5, 5.41) is 22.5. The van der Waals surface area contributed by atoms with Crippen molar-refractivity contribution in [3.05, 3.63) is 74.9 Å². The Kier molecular flexibility index (Phi) is 9.02. The van der Waals surface area contributed by atoms with E-state index < -0.39 is 23.0 Å². The van der Waals surface area contributed by atoms with Crippen LogP contribution in [0.1, 0.15) is 37.9 Å². The van der Waals surface area contributed by atoms with Gasteiger partial charge in [0, 0.05) is 10.7 Å². The Morgan fingerprint density at radius 1 is 1.16 bits per heavy atom. The molecule has 12 nitrogen and oxygen atoms in total. The van der Waals surface area contributed by atoms with Gasteiger partial charge in [-0.1, -0.05) is 23.7 Å². The quantitative estimate of drug-likeness (QED) is 0.220. The number of hydrogen-bond donors (Lipinski definition) is 2. The van der Waals surface area contributed by atoms with Gasteiger partial charge in [-0.15, -0.1) is 5.10 Å². The largest absolute Gasteiger partial charge is 0.481 e. The van der Waals surface area contributed by atoms with Crippen LogP contribution in [0, 0.1) is 17.0 Å². The maximum absolute atomic E-state index is 12.6. The van der Waals surface area contributed by atoms with Crippen molar-refractivity contribution in [3.8, 4) is 11.6 Å². The molecule has 0 unspecified atom stereocenters. The number of aryl methyl sites for hydroxylation is 1. The van der Waals surface area contributed by atoms with Crippen LogP contribution in [-0.4, -0.2) is 45.4 Å². The summed E-state index contributed by atoms with van der Waals surface area (Å²) in [6, 6.07) is 11.2. The van der Waals surface area contributed by atoms with Gasteiger partial charge in [-0.3, -0.25) is 19.7 Å². The number of ether oxygens (including phenoxy) is 2. The molecule has 2 N–H and O–H groups in total. The fourth-order valence-corrected chi connectivity index (χ4v) is 3.51. The first-order valence-electron chi connectivity index (χ1n) is 11.5. The van der Waals surface area contributed by atoms with E-state index in [1.54, 1.807) is 56.3 Å². The smallest absolute Gasteiger partial charge is 0.350 e. The summed E-state index contributed by atoms with van der Waals surface area (Å²) < 4.78 is 11.8. The lowest BCUT2D eigenvalue weighted by Gasteiger charge is -2.16. The van der Waals surface area contributed by atoms with Crippen molar-refractivity contribution in [2.24, 2.45) is 5.10 Å². The molecule has 2 atom stereocenters. The maximum atomic E-state index is 12.6. The van der Waals surface area contributed by atoms with Gasteiger partial charge in [0.2, 0.25) is 0 Å². The Balaban J connectivity index is 1.58. The molecule has 38 heavy (non-hydrogen) atoms. The van der Waals surface area contributed by atoms with Crippen molar-refractivity contribution in [1.29, 1.82) is 0 Å². The highest BCUT2D eigenvalue weighted by molar-refractivity contribution is 6.30. The number of hydrogen-bond acceptors (Lipinski definition) is 8. The van der Waals surface area contributed by atoms with Crippen molar-refractivity contribution in [1.82, 2.24) is 15.2 Å². The molecule has 0 aliphatic rings. The van der Waals surface area contributed by atoms with E-state index in [0.717, 1.165) is 16.4 Å². The van der Waals surface area contributed by atoms with Crippen LogP contribution in [0.5, 0.6) is 11.6 Å². The van der Waals surface area contributed by atoms with Crippen LogP contribution >= 0.6 is 11.6 Å². The van der Waals surface area contributed by atoms with E-state index in [2.05, 4.69) is 20.9 Å². The third-order valence-electron chi connectivity index (χ3n) is 5.56. The standard InChI is InChI=1S/C25H27ClN6O6/c1-14-12-19(26)8-11-22(14)38-17(4)24(34)27-20-9-6-18(7-10-20)15(2)28-29-23(33)16(3)31-13-21(32(35)36)25(30-31)37-5/h6-13,16-17H,1-5H3,(H,27,34)(H,29,33)/b28-15-/t16-,17+/m0/s1. The van der Waals surface area contributed by atoms with Gasteiger partial charge in [-0.05, 0) is 69.2 Å². The van der Waals surface area contributed by atoms with Gasteiger partial charge in [0.25, 0.3) is 11.8 Å². The van der Waals surface area contributed by atoms with Crippen LogP contribution in [0.4, 0.5) is 11.4 Å². The molecule has 2 amide bonds. The Morgan fingerprint density at radius 2 is 1.84 bits per heavy atom. The van der Waals surface area contributed by atoms with Crippen LogP contribution in [0.3, 0.4) is 0 Å². The molecule has 1 heterocycles. The van der Waals surface area contributed by atoms with Crippen molar-refractivity contribution >= 4 is 40.5 Å². The highest BCUT2D eigenvalue weighted by Gasteiger charge is 2.25. The molecule has 200 valence electrons.